The summed E-state index contributed by atoms with van der Waals surface area (Å²) in [6, 6.07) is 14.5. The predicted octanol–water partition coefficient (Wildman–Crippen LogP) is 5.34. The molecule has 0 aromatic heterocycles. The van der Waals surface area contributed by atoms with Gasteiger partial charge in [-0.25, -0.2) is 0 Å². The van der Waals surface area contributed by atoms with Gasteiger partial charge in [0.25, 0.3) is 0 Å². The fraction of sp³-hybridized carbons (Fsp3) is 0.250. The Morgan fingerprint density at radius 3 is 2.30 bits per heavy atom. The second-order valence-corrected chi connectivity index (χ2v) is 6.27. The molecule has 0 spiro atoms. The molecule has 0 saturated heterocycles. The van der Waals surface area contributed by atoms with Gasteiger partial charge in [0.15, 0.2) is 0 Å². The normalized spacial score (nSPS) is 12.1. The Balaban J connectivity index is 2.13. The third-order valence-electron chi connectivity index (χ3n) is 3.21. The van der Waals surface area contributed by atoms with Crippen LogP contribution in [0.1, 0.15) is 18.5 Å². The molecule has 0 saturated carbocycles. The van der Waals surface area contributed by atoms with Gasteiger partial charge in [-0.15, -0.1) is 0 Å². The van der Waals surface area contributed by atoms with E-state index in [9.17, 15) is 0 Å². The van der Waals surface area contributed by atoms with E-state index in [-0.39, 0.29) is 6.04 Å². The number of nitrogens with one attached hydrogen (secondary N) is 1. The molecule has 1 unspecified atom stereocenters. The molecule has 1 atom stereocenters. The first-order valence-electron chi connectivity index (χ1n) is 6.46. The average molecular weight is 354 g/mol. The Morgan fingerprint density at radius 1 is 1.10 bits per heavy atom. The number of halogens is 2. The van der Waals surface area contributed by atoms with Crippen molar-refractivity contribution in [2.24, 2.45) is 0 Å². The zero-order chi connectivity index (χ0) is 14.7. The lowest BCUT2D eigenvalue weighted by Gasteiger charge is -2.19. The molecule has 2 aromatic carbocycles. The summed E-state index contributed by atoms with van der Waals surface area (Å²) >= 11 is 9.48. The van der Waals surface area contributed by atoms with E-state index >= 15 is 0 Å². The summed E-state index contributed by atoms with van der Waals surface area (Å²) in [7, 11) is 4.09. The van der Waals surface area contributed by atoms with Crippen molar-refractivity contribution in [3.05, 3.63) is 57.5 Å². The van der Waals surface area contributed by atoms with Crippen LogP contribution in [0.5, 0.6) is 0 Å². The molecule has 0 aliphatic heterocycles. The van der Waals surface area contributed by atoms with E-state index in [1.54, 1.807) is 0 Å². The molecule has 4 heteroatoms. The standard InChI is InChI=1S/C16H18BrClN2/c1-11(12-4-7-14(8-5-12)20(2)3)19-16-9-6-13(18)10-15(16)17/h4-11,19H,1-3H3. The number of anilines is 2. The van der Waals surface area contributed by atoms with Crippen molar-refractivity contribution in [3.8, 4) is 0 Å². The quantitative estimate of drug-likeness (QED) is 0.798. The minimum absolute atomic E-state index is 0.226. The van der Waals surface area contributed by atoms with Crippen LogP contribution in [0.25, 0.3) is 0 Å². The van der Waals surface area contributed by atoms with Crippen molar-refractivity contribution in [1.29, 1.82) is 0 Å². The highest BCUT2D eigenvalue weighted by molar-refractivity contribution is 9.10. The Labute approximate surface area is 133 Å². The molecular formula is C16H18BrClN2. The van der Waals surface area contributed by atoms with Gasteiger partial charge >= 0.3 is 0 Å². The van der Waals surface area contributed by atoms with Gasteiger partial charge in [-0.2, -0.15) is 0 Å². The summed E-state index contributed by atoms with van der Waals surface area (Å²) in [6.07, 6.45) is 0. The largest absolute Gasteiger partial charge is 0.378 e. The minimum atomic E-state index is 0.226. The van der Waals surface area contributed by atoms with Crippen LogP contribution in [0, 0.1) is 0 Å². The third-order valence-corrected chi connectivity index (χ3v) is 4.10. The first-order valence-corrected chi connectivity index (χ1v) is 7.63. The van der Waals surface area contributed by atoms with E-state index < -0.39 is 0 Å². The van der Waals surface area contributed by atoms with Crippen LogP contribution in [0.4, 0.5) is 11.4 Å². The predicted molar refractivity (Wildman–Crippen MR) is 92.0 cm³/mol. The second kappa shape index (κ2) is 6.51. The van der Waals surface area contributed by atoms with E-state index in [0.29, 0.717) is 0 Å². The number of hydrogen-bond donors (Lipinski definition) is 1. The molecule has 106 valence electrons. The van der Waals surface area contributed by atoms with E-state index in [1.807, 2.05) is 32.3 Å². The van der Waals surface area contributed by atoms with Crippen molar-refractivity contribution >= 4 is 38.9 Å². The number of nitrogens with zero attached hydrogens (tertiary/aromatic N) is 1. The van der Waals surface area contributed by atoms with Gasteiger partial charge in [0.1, 0.15) is 0 Å². The van der Waals surface area contributed by atoms with Gasteiger partial charge in [0.2, 0.25) is 0 Å². The summed E-state index contributed by atoms with van der Waals surface area (Å²) in [6.45, 7) is 2.14. The Bertz CT molecular complexity index is 582. The van der Waals surface area contributed by atoms with Gasteiger partial charge in [-0.1, -0.05) is 23.7 Å². The Morgan fingerprint density at radius 2 is 1.75 bits per heavy atom. The molecule has 2 rings (SSSR count). The molecule has 0 fully saturated rings. The van der Waals surface area contributed by atoms with Gasteiger partial charge < -0.3 is 10.2 Å². The topological polar surface area (TPSA) is 15.3 Å². The van der Waals surface area contributed by atoms with Crippen molar-refractivity contribution in [2.45, 2.75) is 13.0 Å². The van der Waals surface area contributed by atoms with Crippen LogP contribution in [0.3, 0.4) is 0 Å². The lowest BCUT2D eigenvalue weighted by atomic mass is 10.1. The van der Waals surface area contributed by atoms with Crippen LogP contribution in [0.2, 0.25) is 5.02 Å². The molecule has 0 bridgehead atoms. The fourth-order valence-corrected chi connectivity index (χ4v) is 2.78. The number of rotatable bonds is 4. The highest BCUT2D eigenvalue weighted by Gasteiger charge is 2.08. The summed E-state index contributed by atoms with van der Waals surface area (Å²) in [5.74, 6) is 0. The molecule has 1 N–H and O–H groups in total. The second-order valence-electron chi connectivity index (χ2n) is 4.98. The van der Waals surface area contributed by atoms with E-state index in [2.05, 4.69) is 57.3 Å². The maximum atomic E-state index is 5.96. The molecule has 0 aliphatic rings. The summed E-state index contributed by atoms with van der Waals surface area (Å²) in [5.41, 5.74) is 3.49. The Kier molecular flexibility index (Phi) is 4.95. The van der Waals surface area contributed by atoms with E-state index in [4.69, 9.17) is 11.6 Å². The first-order chi connectivity index (χ1) is 9.47. The van der Waals surface area contributed by atoms with Crippen LogP contribution < -0.4 is 10.2 Å². The lowest BCUT2D eigenvalue weighted by molar-refractivity contribution is 0.883. The highest BCUT2D eigenvalue weighted by atomic mass is 79.9. The van der Waals surface area contributed by atoms with Crippen LogP contribution >= 0.6 is 27.5 Å². The molecule has 0 heterocycles. The van der Waals surface area contributed by atoms with Gasteiger partial charge in [-0.3, -0.25) is 0 Å². The van der Waals surface area contributed by atoms with Crippen LogP contribution in [-0.4, -0.2) is 14.1 Å². The van der Waals surface area contributed by atoms with E-state index in [1.165, 1.54) is 11.3 Å². The SMILES string of the molecule is CC(Nc1ccc(Cl)cc1Br)c1ccc(N(C)C)cc1. The number of hydrogen-bond acceptors (Lipinski definition) is 2. The van der Waals surface area contributed by atoms with Crippen LogP contribution in [-0.2, 0) is 0 Å². The van der Waals surface area contributed by atoms with Crippen molar-refractivity contribution in [1.82, 2.24) is 0 Å². The number of benzene rings is 2. The van der Waals surface area contributed by atoms with Crippen molar-refractivity contribution in [3.63, 3.8) is 0 Å². The zero-order valence-electron chi connectivity index (χ0n) is 11.8. The van der Waals surface area contributed by atoms with E-state index in [0.717, 1.165) is 15.2 Å². The summed E-state index contributed by atoms with van der Waals surface area (Å²) in [4.78, 5) is 2.09. The highest BCUT2D eigenvalue weighted by Crippen LogP contribution is 2.29. The lowest BCUT2D eigenvalue weighted by Crippen LogP contribution is -2.10. The minimum Gasteiger partial charge on any atom is -0.378 e. The van der Waals surface area contributed by atoms with Gasteiger partial charge in [0, 0.05) is 41.0 Å². The first kappa shape index (κ1) is 15.2. The van der Waals surface area contributed by atoms with Gasteiger partial charge in [0.05, 0.1) is 0 Å². The third kappa shape index (κ3) is 3.68. The zero-order valence-corrected chi connectivity index (χ0v) is 14.2. The maximum Gasteiger partial charge on any atom is 0.0490 e. The fourth-order valence-electron chi connectivity index (χ4n) is 1.98. The van der Waals surface area contributed by atoms with Gasteiger partial charge in [-0.05, 0) is 58.7 Å². The Hall–Kier alpha value is -1.19. The van der Waals surface area contributed by atoms with Crippen molar-refractivity contribution < 1.29 is 0 Å². The molecule has 0 radical (unpaired) electrons. The molecule has 20 heavy (non-hydrogen) atoms. The molecule has 2 nitrogen and oxygen atoms in total. The summed E-state index contributed by atoms with van der Waals surface area (Å²) in [5, 5.41) is 4.21. The monoisotopic (exact) mass is 352 g/mol. The maximum absolute atomic E-state index is 5.96. The average Bonchev–Trinajstić information content (AvgIpc) is 2.42. The van der Waals surface area contributed by atoms with Crippen molar-refractivity contribution in [2.75, 3.05) is 24.3 Å². The summed E-state index contributed by atoms with van der Waals surface area (Å²) < 4.78 is 0.974. The van der Waals surface area contributed by atoms with Crippen LogP contribution in [0.15, 0.2) is 46.9 Å². The molecular weight excluding hydrogens is 336 g/mol. The molecule has 0 amide bonds. The smallest absolute Gasteiger partial charge is 0.0490 e. The molecule has 0 aliphatic carbocycles. The molecule has 2 aromatic rings.